The first-order valence-electron chi connectivity index (χ1n) is 8.57. The zero-order valence-corrected chi connectivity index (χ0v) is 13.4. The summed E-state index contributed by atoms with van der Waals surface area (Å²) in [5.74, 6) is -0.179. The average molecular weight is 315 g/mol. The molecule has 5 rings (SSSR count). The van der Waals surface area contributed by atoms with Gasteiger partial charge in [-0.15, -0.1) is 0 Å². The topological polar surface area (TPSA) is 12.0 Å². The highest BCUT2D eigenvalue weighted by molar-refractivity contribution is 6.01. The molecular formula is C22H18FN. The Morgan fingerprint density at radius 1 is 0.875 bits per heavy atom. The number of rotatable bonds is 1. The SMILES string of the molecule is Fc1ccc(C2Nc3ccc4ccccc4c3C3=C2CCC3)cc1. The van der Waals surface area contributed by atoms with Gasteiger partial charge in [0.15, 0.2) is 0 Å². The van der Waals surface area contributed by atoms with Crippen molar-refractivity contribution >= 4 is 22.0 Å². The van der Waals surface area contributed by atoms with Crippen LogP contribution in [0.2, 0.25) is 0 Å². The first-order chi connectivity index (χ1) is 11.8. The molecule has 0 spiro atoms. The van der Waals surface area contributed by atoms with E-state index in [1.807, 2.05) is 12.1 Å². The lowest BCUT2D eigenvalue weighted by Gasteiger charge is -2.31. The minimum atomic E-state index is -0.179. The Morgan fingerprint density at radius 2 is 1.71 bits per heavy atom. The van der Waals surface area contributed by atoms with Crippen molar-refractivity contribution in [2.45, 2.75) is 25.3 Å². The molecule has 1 atom stereocenters. The first kappa shape index (κ1) is 13.8. The van der Waals surface area contributed by atoms with E-state index in [1.165, 1.54) is 39.6 Å². The van der Waals surface area contributed by atoms with Crippen molar-refractivity contribution in [1.82, 2.24) is 0 Å². The zero-order chi connectivity index (χ0) is 16.1. The molecule has 1 heterocycles. The number of anilines is 1. The predicted molar refractivity (Wildman–Crippen MR) is 97.5 cm³/mol. The quantitative estimate of drug-likeness (QED) is 0.573. The van der Waals surface area contributed by atoms with E-state index >= 15 is 0 Å². The van der Waals surface area contributed by atoms with Gasteiger partial charge in [0.1, 0.15) is 5.82 Å². The number of halogens is 1. The van der Waals surface area contributed by atoms with E-state index in [0.29, 0.717) is 0 Å². The van der Waals surface area contributed by atoms with E-state index in [1.54, 1.807) is 12.1 Å². The van der Waals surface area contributed by atoms with Crippen molar-refractivity contribution < 1.29 is 4.39 Å². The zero-order valence-electron chi connectivity index (χ0n) is 13.4. The van der Waals surface area contributed by atoms with Crippen LogP contribution in [0, 0.1) is 5.82 Å². The van der Waals surface area contributed by atoms with Gasteiger partial charge < -0.3 is 5.32 Å². The minimum absolute atomic E-state index is 0.164. The molecule has 3 aromatic rings. The number of hydrogen-bond acceptors (Lipinski definition) is 1. The highest BCUT2D eigenvalue weighted by atomic mass is 19.1. The summed E-state index contributed by atoms with van der Waals surface area (Å²) in [4.78, 5) is 0. The van der Waals surface area contributed by atoms with Gasteiger partial charge in [0.2, 0.25) is 0 Å². The Balaban J connectivity index is 1.72. The standard InChI is InChI=1S/C22H18FN/c23-16-11-8-15(9-12-16)22-19-7-3-6-18(19)21-17-5-2-1-4-14(17)10-13-20(21)24-22/h1-2,4-5,8-13,22,24H,3,6-7H2. The summed E-state index contributed by atoms with van der Waals surface area (Å²) >= 11 is 0. The fourth-order valence-corrected chi connectivity index (χ4v) is 4.27. The van der Waals surface area contributed by atoms with Gasteiger partial charge in [-0.1, -0.05) is 42.5 Å². The van der Waals surface area contributed by atoms with Crippen LogP contribution in [0.3, 0.4) is 0 Å². The molecule has 1 aliphatic carbocycles. The maximum absolute atomic E-state index is 13.3. The molecule has 1 nitrogen and oxygen atoms in total. The number of benzene rings is 3. The third kappa shape index (κ3) is 1.99. The van der Waals surface area contributed by atoms with E-state index in [4.69, 9.17) is 0 Å². The first-order valence-corrected chi connectivity index (χ1v) is 8.57. The average Bonchev–Trinajstić information content (AvgIpc) is 3.11. The molecule has 2 aliphatic rings. The van der Waals surface area contributed by atoms with E-state index in [2.05, 4.69) is 41.7 Å². The van der Waals surface area contributed by atoms with Crippen LogP contribution in [0.25, 0.3) is 16.3 Å². The van der Waals surface area contributed by atoms with Crippen LogP contribution >= 0.6 is 0 Å². The number of hydrogen-bond donors (Lipinski definition) is 1. The number of nitrogens with one attached hydrogen (secondary N) is 1. The molecule has 0 aromatic heterocycles. The van der Waals surface area contributed by atoms with E-state index in [9.17, 15) is 4.39 Å². The molecule has 0 saturated carbocycles. The lowest BCUT2D eigenvalue weighted by atomic mass is 9.86. The second-order valence-corrected chi connectivity index (χ2v) is 6.70. The largest absolute Gasteiger partial charge is 0.374 e. The van der Waals surface area contributed by atoms with Gasteiger partial charge in [0, 0.05) is 11.3 Å². The number of fused-ring (bicyclic) bond motifs is 4. The Bertz CT molecular complexity index is 969. The third-order valence-corrected chi connectivity index (χ3v) is 5.34. The molecule has 0 radical (unpaired) electrons. The second kappa shape index (κ2) is 5.20. The van der Waals surface area contributed by atoms with Gasteiger partial charge >= 0.3 is 0 Å². The second-order valence-electron chi connectivity index (χ2n) is 6.70. The molecule has 0 fully saturated rings. The Kier molecular flexibility index (Phi) is 2.99. The third-order valence-electron chi connectivity index (χ3n) is 5.34. The van der Waals surface area contributed by atoms with Gasteiger partial charge in [-0.25, -0.2) is 4.39 Å². The van der Waals surface area contributed by atoms with Crippen LogP contribution in [0.4, 0.5) is 10.1 Å². The molecule has 24 heavy (non-hydrogen) atoms. The minimum Gasteiger partial charge on any atom is -0.374 e. The summed E-state index contributed by atoms with van der Waals surface area (Å²) in [5, 5.41) is 6.33. The molecule has 0 saturated heterocycles. The van der Waals surface area contributed by atoms with Crippen LogP contribution < -0.4 is 5.32 Å². The Labute approximate surface area is 140 Å². The monoisotopic (exact) mass is 315 g/mol. The van der Waals surface area contributed by atoms with E-state index < -0.39 is 0 Å². The van der Waals surface area contributed by atoms with Crippen molar-refractivity contribution in [2.24, 2.45) is 0 Å². The molecule has 0 bridgehead atoms. The molecule has 2 heteroatoms. The molecule has 3 aromatic carbocycles. The van der Waals surface area contributed by atoms with Gasteiger partial charge in [0.05, 0.1) is 6.04 Å². The summed E-state index contributed by atoms with van der Waals surface area (Å²) in [6, 6.07) is 20.1. The normalized spacial score (nSPS) is 19.1. The van der Waals surface area contributed by atoms with Gasteiger partial charge in [-0.2, -0.15) is 0 Å². The fourth-order valence-electron chi connectivity index (χ4n) is 4.27. The van der Waals surface area contributed by atoms with Crippen LogP contribution in [0.15, 0.2) is 66.2 Å². The Morgan fingerprint density at radius 3 is 2.58 bits per heavy atom. The van der Waals surface area contributed by atoms with E-state index in [-0.39, 0.29) is 11.9 Å². The van der Waals surface area contributed by atoms with Crippen molar-refractivity contribution in [2.75, 3.05) is 5.32 Å². The van der Waals surface area contributed by atoms with Crippen molar-refractivity contribution in [3.8, 4) is 0 Å². The fraction of sp³-hybridized carbons (Fsp3) is 0.182. The summed E-state index contributed by atoms with van der Waals surface area (Å²) in [7, 11) is 0. The van der Waals surface area contributed by atoms with Gasteiger partial charge in [-0.05, 0) is 64.9 Å². The molecule has 1 N–H and O–H groups in total. The smallest absolute Gasteiger partial charge is 0.123 e. The van der Waals surface area contributed by atoms with Crippen molar-refractivity contribution in [3.63, 3.8) is 0 Å². The highest BCUT2D eigenvalue weighted by Gasteiger charge is 2.31. The molecule has 1 unspecified atom stereocenters. The summed E-state index contributed by atoms with van der Waals surface area (Å²) in [6.07, 6.45) is 3.45. The summed E-state index contributed by atoms with van der Waals surface area (Å²) in [5.41, 5.74) is 6.69. The van der Waals surface area contributed by atoms with Crippen molar-refractivity contribution in [1.29, 1.82) is 0 Å². The van der Waals surface area contributed by atoms with Crippen LogP contribution in [0.1, 0.15) is 36.4 Å². The molecular weight excluding hydrogens is 297 g/mol. The van der Waals surface area contributed by atoms with Gasteiger partial charge in [0.25, 0.3) is 0 Å². The van der Waals surface area contributed by atoms with E-state index in [0.717, 1.165) is 18.4 Å². The highest BCUT2D eigenvalue weighted by Crippen LogP contribution is 2.50. The maximum atomic E-state index is 13.3. The predicted octanol–water partition coefficient (Wildman–Crippen LogP) is 6.08. The Hall–Kier alpha value is -2.61. The van der Waals surface area contributed by atoms with Crippen LogP contribution in [-0.2, 0) is 0 Å². The lowest BCUT2D eigenvalue weighted by molar-refractivity contribution is 0.626. The van der Waals surface area contributed by atoms with Crippen LogP contribution in [-0.4, -0.2) is 0 Å². The maximum Gasteiger partial charge on any atom is 0.123 e. The number of allylic oxidation sites excluding steroid dienone is 1. The molecule has 118 valence electrons. The molecule has 1 aliphatic heterocycles. The summed E-state index contributed by atoms with van der Waals surface area (Å²) < 4.78 is 13.3. The lowest BCUT2D eigenvalue weighted by Crippen LogP contribution is -2.18. The van der Waals surface area contributed by atoms with Crippen LogP contribution in [0.5, 0.6) is 0 Å². The molecule has 0 amide bonds. The van der Waals surface area contributed by atoms with Gasteiger partial charge in [-0.3, -0.25) is 0 Å². The summed E-state index contributed by atoms with van der Waals surface area (Å²) in [6.45, 7) is 0. The van der Waals surface area contributed by atoms with Crippen molar-refractivity contribution in [3.05, 3.63) is 83.2 Å².